The van der Waals surface area contributed by atoms with Crippen molar-refractivity contribution < 1.29 is 14.0 Å². The summed E-state index contributed by atoms with van der Waals surface area (Å²) in [6, 6.07) is 3.43. The van der Waals surface area contributed by atoms with Crippen LogP contribution in [0.5, 0.6) is 0 Å². The first kappa shape index (κ1) is 14.9. The minimum Gasteiger partial charge on any atom is -0.463 e. The molecule has 0 atom stereocenters. The molecule has 110 valence electrons. The van der Waals surface area contributed by atoms with E-state index in [4.69, 9.17) is 4.42 Å². The number of carbonyl (C=O) groups excluding carboxylic acids is 2. The minimum absolute atomic E-state index is 0.0369. The topological polar surface area (TPSA) is 109 Å². The van der Waals surface area contributed by atoms with Crippen LogP contribution in [0.4, 0.5) is 5.13 Å². The Hall–Kier alpha value is -2.55. The van der Waals surface area contributed by atoms with Crippen LogP contribution in [-0.4, -0.2) is 28.2 Å². The van der Waals surface area contributed by atoms with Crippen LogP contribution >= 0.6 is 11.3 Å². The van der Waals surface area contributed by atoms with Crippen LogP contribution < -0.4 is 10.7 Å². The summed E-state index contributed by atoms with van der Waals surface area (Å²) in [5, 5.41) is 14.8. The van der Waals surface area contributed by atoms with Gasteiger partial charge in [0, 0.05) is 6.42 Å². The summed E-state index contributed by atoms with van der Waals surface area (Å²) in [6.07, 6.45) is 3.30. The van der Waals surface area contributed by atoms with E-state index in [-0.39, 0.29) is 18.2 Å². The highest BCUT2D eigenvalue weighted by Gasteiger charge is 2.10. The molecule has 0 saturated carbocycles. The lowest BCUT2D eigenvalue weighted by atomic mass is 10.4. The van der Waals surface area contributed by atoms with Crippen molar-refractivity contribution in [3.05, 3.63) is 29.2 Å². The van der Waals surface area contributed by atoms with Crippen molar-refractivity contribution in [3.8, 4) is 0 Å². The van der Waals surface area contributed by atoms with Crippen molar-refractivity contribution in [2.75, 3.05) is 5.32 Å². The monoisotopic (exact) mass is 307 g/mol. The molecule has 2 rings (SSSR count). The van der Waals surface area contributed by atoms with Gasteiger partial charge in [0.15, 0.2) is 0 Å². The molecule has 2 N–H and O–H groups in total. The fraction of sp³-hybridized carbons (Fsp3) is 0.250. The van der Waals surface area contributed by atoms with E-state index >= 15 is 0 Å². The minimum atomic E-state index is -0.331. The Bertz CT molecular complexity index is 635. The van der Waals surface area contributed by atoms with Gasteiger partial charge in [-0.15, -0.1) is 10.2 Å². The Morgan fingerprint density at radius 2 is 2.29 bits per heavy atom. The summed E-state index contributed by atoms with van der Waals surface area (Å²) in [7, 11) is 0. The van der Waals surface area contributed by atoms with Gasteiger partial charge in [-0.3, -0.25) is 9.59 Å². The molecule has 0 aromatic carbocycles. The second-order valence-corrected chi connectivity index (χ2v) is 4.95. The zero-order valence-electron chi connectivity index (χ0n) is 11.2. The number of hydrogen-bond donors (Lipinski definition) is 2. The number of nitrogens with one attached hydrogen (secondary N) is 2. The zero-order chi connectivity index (χ0) is 15.1. The maximum atomic E-state index is 11.6. The molecule has 0 aliphatic carbocycles. The highest BCUT2D eigenvalue weighted by atomic mass is 32.1. The van der Waals surface area contributed by atoms with E-state index in [9.17, 15) is 9.59 Å². The van der Waals surface area contributed by atoms with Gasteiger partial charge < -0.3 is 9.73 Å². The summed E-state index contributed by atoms with van der Waals surface area (Å²) in [5.41, 5.74) is 2.35. The summed E-state index contributed by atoms with van der Waals surface area (Å²) in [4.78, 5) is 22.8. The number of carbonyl (C=O) groups is 2. The third kappa shape index (κ3) is 4.80. The highest BCUT2D eigenvalue weighted by Crippen LogP contribution is 2.15. The van der Waals surface area contributed by atoms with Gasteiger partial charge in [0.25, 0.3) is 0 Å². The fourth-order valence-electron chi connectivity index (χ4n) is 1.29. The lowest BCUT2D eigenvalue weighted by Gasteiger charge is -1.96. The van der Waals surface area contributed by atoms with Crippen LogP contribution in [-0.2, 0) is 16.0 Å². The molecule has 21 heavy (non-hydrogen) atoms. The van der Waals surface area contributed by atoms with Gasteiger partial charge in [-0.1, -0.05) is 18.3 Å². The number of rotatable bonds is 6. The third-order valence-corrected chi connectivity index (χ3v) is 3.11. The van der Waals surface area contributed by atoms with Crippen LogP contribution in [0.25, 0.3) is 0 Å². The van der Waals surface area contributed by atoms with Gasteiger partial charge in [-0.2, -0.15) is 5.10 Å². The van der Waals surface area contributed by atoms with Crippen LogP contribution in [0.3, 0.4) is 0 Å². The van der Waals surface area contributed by atoms with Gasteiger partial charge in [-0.05, 0) is 12.1 Å². The Labute approximate surface area is 124 Å². The van der Waals surface area contributed by atoms with E-state index in [0.29, 0.717) is 22.3 Å². The first-order valence-corrected chi connectivity index (χ1v) is 6.96. The molecular weight excluding hydrogens is 294 g/mol. The normalized spacial score (nSPS) is 10.7. The fourth-order valence-corrected chi connectivity index (χ4v) is 2.05. The molecule has 0 saturated heterocycles. The summed E-state index contributed by atoms with van der Waals surface area (Å²) in [5.74, 6) is 0.0586. The molecule has 0 radical (unpaired) electrons. The molecule has 2 amide bonds. The smallest absolute Gasteiger partial charge is 0.247 e. The van der Waals surface area contributed by atoms with Crippen molar-refractivity contribution in [3.63, 3.8) is 0 Å². The van der Waals surface area contributed by atoms with Crippen LogP contribution in [0.15, 0.2) is 27.9 Å². The Morgan fingerprint density at radius 3 is 3.00 bits per heavy atom. The predicted molar refractivity (Wildman–Crippen MR) is 77.0 cm³/mol. The molecule has 9 heteroatoms. The Kier molecular flexibility index (Phi) is 5.16. The summed E-state index contributed by atoms with van der Waals surface area (Å²) < 4.78 is 5.02. The van der Waals surface area contributed by atoms with Crippen molar-refractivity contribution in [2.45, 2.75) is 19.8 Å². The molecule has 0 unspecified atom stereocenters. The average molecular weight is 307 g/mol. The predicted octanol–water partition coefficient (Wildman–Crippen LogP) is 1.17. The number of aromatic nitrogens is 2. The quantitative estimate of drug-likeness (QED) is 0.615. The molecule has 2 aromatic rings. The van der Waals surface area contributed by atoms with Crippen molar-refractivity contribution >= 4 is 34.5 Å². The number of hydrazone groups is 1. The maximum Gasteiger partial charge on any atom is 0.247 e. The molecule has 2 aromatic heterocycles. The van der Waals surface area contributed by atoms with E-state index < -0.39 is 0 Å². The van der Waals surface area contributed by atoms with E-state index in [2.05, 4.69) is 26.0 Å². The molecule has 0 bridgehead atoms. The van der Waals surface area contributed by atoms with E-state index in [1.165, 1.54) is 12.5 Å². The number of amides is 2. The lowest BCUT2D eigenvalue weighted by Crippen LogP contribution is -2.19. The molecular formula is C12H13N5O3S. The van der Waals surface area contributed by atoms with Crippen LogP contribution in [0.1, 0.15) is 24.1 Å². The van der Waals surface area contributed by atoms with Gasteiger partial charge in [0.05, 0.1) is 18.9 Å². The second kappa shape index (κ2) is 7.29. The Balaban J connectivity index is 1.81. The third-order valence-electron chi connectivity index (χ3n) is 2.27. The number of nitrogens with zero attached hydrogens (tertiary/aromatic N) is 3. The molecule has 0 spiro atoms. The highest BCUT2D eigenvalue weighted by molar-refractivity contribution is 7.15. The summed E-state index contributed by atoms with van der Waals surface area (Å²) in [6.45, 7) is 1.74. The maximum absolute atomic E-state index is 11.6. The van der Waals surface area contributed by atoms with E-state index in [0.717, 1.165) is 11.3 Å². The summed E-state index contributed by atoms with van der Waals surface area (Å²) >= 11 is 1.15. The van der Waals surface area contributed by atoms with Gasteiger partial charge in [0.2, 0.25) is 16.9 Å². The largest absolute Gasteiger partial charge is 0.463 e. The van der Waals surface area contributed by atoms with E-state index in [1.54, 1.807) is 19.1 Å². The number of furan rings is 1. The zero-order valence-corrected chi connectivity index (χ0v) is 12.0. The van der Waals surface area contributed by atoms with Crippen molar-refractivity contribution in [1.82, 2.24) is 15.6 Å². The van der Waals surface area contributed by atoms with Gasteiger partial charge >= 0.3 is 0 Å². The van der Waals surface area contributed by atoms with Gasteiger partial charge in [-0.25, -0.2) is 5.43 Å². The molecule has 0 aliphatic heterocycles. The average Bonchev–Trinajstić information content (AvgIpc) is 3.11. The van der Waals surface area contributed by atoms with Gasteiger partial charge in [0.1, 0.15) is 10.8 Å². The SMILES string of the molecule is CCC(=O)Nc1nnc(CC(=O)NN=Cc2ccco2)s1. The van der Waals surface area contributed by atoms with Crippen LogP contribution in [0.2, 0.25) is 0 Å². The first-order chi connectivity index (χ1) is 10.2. The standard InChI is InChI=1S/C12H13N5O3S/c1-2-9(18)14-12-17-16-11(21-12)6-10(19)15-13-7-8-4-3-5-20-8/h3-5,7H,2,6H2,1H3,(H,15,19)(H,14,17,18). The second-order valence-electron chi connectivity index (χ2n) is 3.89. The van der Waals surface area contributed by atoms with Crippen molar-refractivity contribution in [2.24, 2.45) is 5.10 Å². The van der Waals surface area contributed by atoms with Crippen LogP contribution in [0, 0.1) is 0 Å². The molecule has 8 nitrogen and oxygen atoms in total. The van der Waals surface area contributed by atoms with E-state index in [1.807, 2.05) is 0 Å². The molecule has 2 heterocycles. The number of anilines is 1. The number of hydrogen-bond acceptors (Lipinski definition) is 7. The molecule has 0 fully saturated rings. The molecule has 0 aliphatic rings. The van der Waals surface area contributed by atoms with Crippen molar-refractivity contribution in [1.29, 1.82) is 0 Å². The lowest BCUT2D eigenvalue weighted by molar-refractivity contribution is -0.120. The Morgan fingerprint density at radius 1 is 1.43 bits per heavy atom. The first-order valence-electron chi connectivity index (χ1n) is 6.15.